The molecule has 3 aromatic rings. The number of aromatic nitrogens is 2. The zero-order chi connectivity index (χ0) is 31.6. The van der Waals surface area contributed by atoms with Gasteiger partial charge in [-0.05, 0) is 60.7 Å². The summed E-state index contributed by atoms with van der Waals surface area (Å²) in [5, 5.41) is 31.1. The van der Waals surface area contributed by atoms with E-state index in [1.807, 2.05) is 45.0 Å². The van der Waals surface area contributed by atoms with Gasteiger partial charge < -0.3 is 20.9 Å². The maximum Gasteiger partial charge on any atom is 0.335 e. The Bertz CT molecular complexity index is 1720. The number of aromatic carboxylic acids is 1. The number of nitrogens with zero attached hydrogens (tertiary/aromatic N) is 4. The number of thioether (sulfide) groups is 1. The van der Waals surface area contributed by atoms with Crippen molar-refractivity contribution >= 4 is 51.6 Å². The number of carbonyl (C=O) groups is 3. The van der Waals surface area contributed by atoms with Gasteiger partial charge in [0.05, 0.1) is 35.5 Å². The lowest BCUT2D eigenvalue weighted by molar-refractivity contribution is -0.118. The van der Waals surface area contributed by atoms with Gasteiger partial charge in [-0.15, -0.1) is 10.2 Å². The first-order valence-corrected chi connectivity index (χ1v) is 15.6. The first kappa shape index (κ1) is 30.8. The number of amides is 1. The molecule has 2 aromatic carbocycles. The molecule has 0 saturated carbocycles. The van der Waals surface area contributed by atoms with Gasteiger partial charge in [-0.3, -0.25) is 14.5 Å². The van der Waals surface area contributed by atoms with Crippen LogP contribution in [0.2, 0.25) is 0 Å². The third kappa shape index (κ3) is 6.31. The predicted octanol–water partition coefficient (Wildman–Crippen LogP) is 5.31. The number of hydrogen-bond acceptors (Lipinski definition) is 11. The average Bonchev–Trinajstić information content (AvgIpc) is 3.44. The zero-order valence-electron chi connectivity index (χ0n) is 24.3. The van der Waals surface area contributed by atoms with Crippen molar-refractivity contribution in [1.82, 2.24) is 10.2 Å². The summed E-state index contributed by atoms with van der Waals surface area (Å²) >= 11 is 2.38. The quantitative estimate of drug-likeness (QED) is 0.262. The summed E-state index contributed by atoms with van der Waals surface area (Å²) in [7, 11) is 0. The number of Topliss-reactive ketones (excluding diaryl/α,β-unsaturated/α-hetero) is 1. The largest absolute Gasteiger partial charge is 0.494 e. The fraction of sp³-hybridized carbons (Fsp3) is 0.290. The molecule has 5 rings (SSSR count). The number of rotatable bonds is 9. The number of ketones is 1. The Kier molecular flexibility index (Phi) is 8.75. The lowest BCUT2D eigenvalue weighted by Crippen LogP contribution is -2.42. The second-order valence-corrected chi connectivity index (χ2v) is 13.2. The van der Waals surface area contributed by atoms with Crippen LogP contribution in [-0.2, 0) is 9.59 Å². The van der Waals surface area contributed by atoms with Gasteiger partial charge in [0, 0.05) is 23.4 Å². The number of carboxylic acid groups (broad SMARTS) is 1. The highest BCUT2D eigenvalue weighted by atomic mass is 32.2. The Morgan fingerprint density at radius 2 is 1.89 bits per heavy atom. The van der Waals surface area contributed by atoms with Crippen molar-refractivity contribution in [3.63, 3.8) is 0 Å². The average molecular weight is 631 g/mol. The van der Waals surface area contributed by atoms with Gasteiger partial charge in [0.1, 0.15) is 11.6 Å². The SMILES string of the molecule is CCOc1ccc(C2C(C#N)=C(N)N(c3nnc(SCC(=O)Nc4ccc(C(=O)O)cc4)s3)C3=C2C(=O)CC(C)(C)C3)cc1. The lowest BCUT2D eigenvalue weighted by Gasteiger charge is -2.42. The van der Waals surface area contributed by atoms with Crippen molar-refractivity contribution in [1.29, 1.82) is 5.26 Å². The molecule has 0 fully saturated rings. The maximum absolute atomic E-state index is 13.7. The highest BCUT2D eigenvalue weighted by molar-refractivity contribution is 8.01. The van der Waals surface area contributed by atoms with E-state index in [-0.39, 0.29) is 39.8 Å². The number of hydrogen-bond donors (Lipinski definition) is 3. The van der Waals surface area contributed by atoms with Crippen LogP contribution in [0.3, 0.4) is 0 Å². The Morgan fingerprint density at radius 1 is 1.18 bits per heavy atom. The Hall–Kier alpha value is -4.67. The van der Waals surface area contributed by atoms with Crippen LogP contribution in [0.5, 0.6) is 5.75 Å². The highest BCUT2D eigenvalue weighted by Crippen LogP contribution is 2.50. The second kappa shape index (κ2) is 12.5. The first-order valence-electron chi connectivity index (χ1n) is 13.8. The van der Waals surface area contributed by atoms with E-state index in [1.54, 1.807) is 4.90 Å². The summed E-state index contributed by atoms with van der Waals surface area (Å²) in [6.07, 6.45) is 0.864. The van der Waals surface area contributed by atoms with E-state index in [0.717, 1.165) is 5.56 Å². The smallest absolute Gasteiger partial charge is 0.335 e. The summed E-state index contributed by atoms with van der Waals surface area (Å²) in [5.41, 5.74) is 9.19. The van der Waals surface area contributed by atoms with Crippen molar-refractivity contribution in [2.75, 3.05) is 22.6 Å². The van der Waals surface area contributed by atoms with Crippen molar-refractivity contribution in [3.05, 3.63) is 82.3 Å². The van der Waals surface area contributed by atoms with Crippen molar-refractivity contribution < 1.29 is 24.2 Å². The fourth-order valence-electron chi connectivity index (χ4n) is 5.36. The van der Waals surface area contributed by atoms with Crippen LogP contribution in [-0.4, -0.2) is 45.3 Å². The molecule has 44 heavy (non-hydrogen) atoms. The normalized spacial score (nSPS) is 17.6. The van der Waals surface area contributed by atoms with Gasteiger partial charge in [-0.1, -0.05) is 49.1 Å². The van der Waals surface area contributed by atoms with Crippen LogP contribution in [0.25, 0.3) is 0 Å². The van der Waals surface area contributed by atoms with E-state index >= 15 is 0 Å². The second-order valence-electron chi connectivity index (χ2n) is 11.1. The molecule has 1 aromatic heterocycles. The van der Waals surface area contributed by atoms with Gasteiger partial charge in [0.25, 0.3) is 0 Å². The lowest BCUT2D eigenvalue weighted by atomic mass is 9.68. The van der Waals surface area contributed by atoms with Crippen LogP contribution < -0.4 is 20.7 Å². The zero-order valence-corrected chi connectivity index (χ0v) is 25.9. The van der Waals surface area contributed by atoms with Gasteiger partial charge >= 0.3 is 5.97 Å². The molecular formula is C31H30N6O5S2. The summed E-state index contributed by atoms with van der Waals surface area (Å²) in [4.78, 5) is 39.0. The molecule has 1 aliphatic heterocycles. The summed E-state index contributed by atoms with van der Waals surface area (Å²) in [6.45, 7) is 6.46. The number of anilines is 2. The number of nitriles is 1. The number of ether oxygens (including phenoxy) is 1. The van der Waals surface area contributed by atoms with Gasteiger partial charge in [-0.25, -0.2) is 4.79 Å². The molecule has 0 bridgehead atoms. The maximum atomic E-state index is 13.7. The number of carboxylic acids is 1. The minimum absolute atomic E-state index is 0.0311. The van der Waals surface area contributed by atoms with Crippen LogP contribution in [0.4, 0.5) is 10.8 Å². The van der Waals surface area contributed by atoms with Gasteiger partial charge in [-0.2, -0.15) is 5.26 Å². The minimum Gasteiger partial charge on any atom is -0.494 e. The molecule has 4 N–H and O–H groups in total. The van der Waals surface area contributed by atoms with Crippen LogP contribution in [0, 0.1) is 16.7 Å². The van der Waals surface area contributed by atoms with Gasteiger partial charge in [0.2, 0.25) is 11.0 Å². The number of allylic oxidation sites excluding steroid dienone is 3. The van der Waals surface area contributed by atoms with E-state index in [9.17, 15) is 19.6 Å². The molecule has 0 spiro atoms. The third-order valence-corrected chi connectivity index (χ3v) is 9.28. The molecule has 1 atom stereocenters. The summed E-state index contributed by atoms with van der Waals surface area (Å²) in [6, 6.07) is 15.5. The molecule has 226 valence electrons. The molecule has 2 heterocycles. The molecule has 2 aliphatic rings. The third-order valence-electron chi connectivity index (χ3n) is 7.23. The molecule has 1 amide bonds. The molecule has 1 unspecified atom stereocenters. The molecule has 0 saturated heterocycles. The number of nitrogens with one attached hydrogen (secondary N) is 1. The Balaban J connectivity index is 1.42. The predicted molar refractivity (Wildman–Crippen MR) is 167 cm³/mol. The molecular weight excluding hydrogens is 601 g/mol. The highest BCUT2D eigenvalue weighted by Gasteiger charge is 2.45. The first-order chi connectivity index (χ1) is 21.0. The number of benzene rings is 2. The van der Waals surface area contributed by atoms with E-state index < -0.39 is 11.9 Å². The number of carbonyl (C=O) groups excluding carboxylic acids is 2. The summed E-state index contributed by atoms with van der Waals surface area (Å²) < 4.78 is 6.08. The monoisotopic (exact) mass is 630 g/mol. The van der Waals surface area contributed by atoms with Crippen LogP contribution in [0.15, 0.2) is 75.5 Å². The molecule has 0 radical (unpaired) electrons. The topological polar surface area (TPSA) is 172 Å². The Labute approximate surface area is 262 Å². The van der Waals surface area contributed by atoms with E-state index in [2.05, 4.69) is 21.6 Å². The van der Waals surface area contributed by atoms with E-state index in [1.165, 1.54) is 47.4 Å². The van der Waals surface area contributed by atoms with E-state index in [4.69, 9.17) is 15.6 Å². The van der Waals surface area contributed by atoms with Crippen molar-refractivity contribution in [2.45, 2.75) is 43.9 Å². The minimum atomic E-state index is -1.05. The Morgan fingerprint density at radius 3 is 2.52 bits per heavy atom. The van der Waals surface area contributed by atoms with Crippen molar-refractivity contribution in [2.24, 2.45) is 11.1 Å². The van der Waals surface area contributed by atoms with E-state index in [0.29, 0.717) is 51.6 Å². The van der Waals surface area contributed by atoms with Gasteiger partial charge in [0.15, 0.2) is 10.1 Å². The van der Waals surface area contributed by atoms with Crippen LogP contribution >= 0.6 is 23.1 Å². The fourth-order valence-corrected chi connectivity index (χ4v) is 7.04. The summed E-state index contributed by atoms with van der Waals surface area (Å²) in [5.74, 6) is -1.12. The standard InChI is InChI=1S/C31H30N6O5S2/c1-4-42-20-11-7-17(8-12-20)25-21(15-32)27(33)37(22-13-31(2,3)14-23(38)26(22)25)29-35-36-30(44-29)43-16-24(39)34-19-9-5-18(6-10-19)28(40)41/h5-12,25H,4,13-14,16,33H2,1-3H3,(H,34,39)(H,40,41). The molecule has 13 heteroatoms. The molecule has 11 nitrogen and oxygen atoms in total. The van der Waals surface area contributed by atoms with Crippen LogP contribution in [0.1, 0.15) is 55.5 Å². The number of nitrogens with two attached hydrogens (primary N) is 1. The van der Waals surface area contributed by atoms with Crippen molar-refractivity contribution in [3.8, 4) is 11.8 Å². The molecule has 1 aliphatic carbocycles.